The van der Waals surface area contributed by atoms with Gasteiger partial charge in [-0.05, 0) is 81.1 Å². The van der Waals surface area contributed by atoms with E-state index in [0.717, 1.165) is 16.7 Å². The highest BCUT2D eigenvalue weighted by molar-refractivity contribution is 6.32. The Morgan fingerprint density at radius 1 is 0.973 bits per heavy atom. The van der Waals surface area contributed by atoms with Gasteiger partial charge in [-0.1, -0.05) is 54.1 Å². The zero-order valence-electron chi connectivity index (χ0n) is 22.0. The first-order chi connectivity index (χ1) is 17.4. The molecule has 1 N–H and O–H groups in total. The van der Waals surface area contributed by atoms with Crippen LogP contribution in [-0.4, -0.2) is 34.9 Å². The number of benzene rings is 3. The molecule has 37 heavy (non-hydrogen) atoms. The van der Waals surface area contributed by atoms with E-state index in [-0.39, 0.29) is 30.8 Å². The molecular formula is C30H34ClFN2O3. The number of hydrogen-bond acceptors (Lipinski definition) is 3. The van der Waals surface area contributed by atoms with Gasteiger partial charge in [0, 0.05) is 23.5 Å². The zero-order valence-corrected chi connectivity index (χ0v) is 22.7. The van der Waals surface area contributed by atoms with E-state index in [1.54, 1.807) is 24.3 Å². The Balaban J connectivity index is 1.94. The lowest BCUT2D eigenvalue weighted by molar-refractivity contribution is -0.143. The number of rotatable bonds is 9. The summed E-state index contributed by atoms with van der Waals surface area (Å²) >= 11 is 6.27. The number of halogens is 2. The summed E-state index contributed by atoms with van der Waals surface area (Å²) in [6, 6.07) is 18.2. The fraction of sp³-hybridized carbons (Fsp3) is 0.333. The minimum Gasteiger partial charge on any atom is -0.484 e. The number of carbonyl (C=O) groups is 2. The van der Waals surface area contributed by atoms with Gasteiger partial charge < -0.3 is 15.0 Å². The number of ether oxygens (including phenoxy) is 1. The second-order valence-electron chi connectivity index (χ2n) is 10.3. The van der Waals surface area contributed by atoms with Crippen molar-refractivity contribution in [2.75, 3.05) is 6.61 Å². The van der Waals surface area contributed by atoms with Gasteiger partial charge in [-0.2, -0.15) is 0 Å². The fourth-order valence-corrected chi connectivity index (χ4v) is 4.12. The summed E-state index contributed by atoms with van der Waals surface area (Å²) in [6.45, 7) is 9.28. The molecule has 2 amide bonds. The Morgan fingerprint density at radius 2 is 1.57 bits per heavy atom. The molecule has 0 aromatic heterocycles. The summed E-state index contributed by atoms with van der Waals surface area (Å²) in [7, 11) is 0. The highest BCUT2D eigenvalue weighted by Gasteiger charge is 2.32. The SMILES string of the molecule is Cc1cc(OCC(=O)N(Cc2ccc(F)cc2)[C@@H](Cc2ccccc2)C(=O)NC(C)(C)C)cc(C)c1Cl. The summed E-state index contributed by atoms with van der Waals surface area (Å²) in [6.07, 6.45) is 0.314. The maximum Gasteiger partial charge on any atom is 0.261 e. The first kappa shape index (κ1) is 28.2. The van der Waals surface area contributed by atoms with Gasteiger partial charge in [-0.25, -0.2) is 4.39 Å². The molecule has 0 aliphatic heterocycles. The average Bonchev–Trinajstić information content (AvgIpc) is 2.83. The lowest BCUT2D eigenvalue weighted by Crippen LogP contribution is -2.55. The largest absolute Gasteiger partial charge is 0.484 e. The number of carbonyl (C=O) groups excluding carboxylic acids is 2. The van der Waals surface area contributed by atoms with Gasteiger partial charge in [-0.15, -0.1) is 0 Å². The number of nitrogens with one attached hydrogen (secondary N) is 1. The van der Waals surface area contributed by atoms with Gasteiger partial charge in [0.1, 0.15) is 17.6 Å². The summed E-state index contributed by atoms with van der Waals surface area (Å²) in [5.74, 6) is -0.484. The third-order valence-electron chi connectivity index (χ3n) is 5.81. The topological polar surface area (TPSA) is 58.6 Å². The molecule has 196 valence electrons. The van der Waals surface area contributed by atoms with Crippen LogP contribution in [0.3, 0.4) is 0 Å². The van der Waals surface area contributed by atoms with Gasteiger partial charge >= 0.3 is 0 Å². The molecule has 0 aliphatic rings. The third kappa shape index (κ3) is 8.32. The Bertz CT molecular complexity index is 1200. The molecule has 7 heteroatoms. The van der Waals surface area contributed by atoms with E-state index in [1.165, 1.54) is 17.0 Å². The van der Waals surface area contributed by atoms with Crippen molar-refractivity contribution in [2.45, 2.75) is 59.2 Å². The van der Waals surface area contributed by atoms with Crippen LogP contribution in [0.1, 0.15) is 43.0 Å². The average molecular weight is 525 g/mol. The highest BCUT2D eigenvalue weighted by Crippen LogP contribution is 2.26. The smallest absolute Gasteiger partial charge is 0.261 e. The molecule has 0 bridgehead atoms. The minimum absolute atomic E-state index is 0.121. The second kappa shape index (κ2) is 12.2. The van der Waals surface area contributed by atoms with Crippen molar-refractivity contribution in [3.63, 3.8) is 0 Å². The van der Waals surface area contributed by atoms with E-state index in [9.17, 15) is 14.0 Å². The van der Waals surface area contributed by atoms with Crippen LogP contribution in [0.15, 0.2) is 66.7 Å². The maximum atomic E-state index is 13.6. The summed E-state index contributed by atoms with van der Waals surface area (Å²) in [5, 5.41) is 3.67. The van der Waals surface area contributed by atoms with Crippen molar-refractivity contribution in [1.82, 2.24) is 10.2 Å². The molecule has 1 atom stereocenters. The number of amides is 2. The highest BCUT2D eigenvalue weighted by atomic mass is 35.5. The normalized spacial score (nSPS) is 12.1. The van der Waals surface area contributed by atoms with Crippen molar-refractivity contribution < 1.29 is 18.7 Å². The van der Waals surface area contributed by atoms with Crippen LogP contribution in [0.2, 0.25) is 5.02 Å². The predicted molar refractivity (Wildman–Crippen MR) is 145 cm³/mol. The first-order valence-corrected chi connectivity index (χ1v) is 12.6. The summed E-state index contributed by atoms with van der Waals surface area (Å²) in [5.41, 5.74) is 2.82. The van der Waals surface area contributed by atoms with Crippen LogP contribution in [0.4, 0.5) is 4.39 Å². The fourth-order valence-electron chi connectivity index (χ4n) is 4.01. The van der Waals surface area contributed by atoms with Crippen LogP contribution in [-0.2, 0) is 22.6 Å². The van der Waals surface area contributed by atoms with E-state index in [1.807, 2.05) is 65.0 Å². The van der Waals surface area contributed by atoms with Crippen molar-refractivity contribution in [2.24, 2.45) is 0 Å². The van der Waals surface area contributed by atoms with Crippen LogP contribution in [0.5, 0.6) is 5.75 Å². The monoisotopic (exact) mass is 524 g/mol. The molecule has 0 saturated heterocycles. The quantitative estimate of drug-likeness (QED) is 0.372. The van der Waals surface area contributed by atoms with Crippen molar-refractivity contribution in [1.29, 1.82) is 0 Å². The summed E-state index contributed by atoms with van der Waals surface area (Å²) in [4.78, 5) is 28.7. The van der Waals surface area contributed by atoms with E-state index < -0.39 is 11.6 Å². The van der Waals surface area contributed by atoms with Gasteiger partial charge in [0.2, 0.25) is 5.91 Å². The zero-order chi connectivity index (χ0) is 27.2. The van der Waals surface area contributed by atoms with Crippen LogP contribution < -0.4 is 10.1 Å². The van der Waals surface area contributed by atoms with Gasteiger partial charge in [0.15, 0.2) is 6.61 Å². The van der Waals surface area contributed by atoms with Gasteiger partial charge in [-0.3, -0.25) is 9.59 Å². The van der Waals surface area contributed by atoms with Gasteiger partial charge in [0.05, 0.1) is 0 Å². The van der Waals surface area contributed by atoms with Crippen molar-refractivity contribution in [3.05, 3.63) is 99.8 Å². The van der Waals surface area contributed by atoms with Crippen molar-refractivity contribution >= 4 is 23.4 Å². The molecule has 3 rings (SSSR count). The second-order valence-corrected chi connectivity index (χ2v) is 10.6. The Hall–Kier alpha value is -3.38. The standard InChI is InChI=1S/C30H34ClFN2O3/c1-20-15-25(16-21(2)28(20)31)37-19-27(35)34(18-23-11-13-24(32)14-12-23)26(29(36)33-30(3,4)5)17-22-9-7-6-8-10-22/h6-16,26H,17-19H2,1-5H3,(H,33,36)/t26-/m0/s1. The van der Waals surface area contributed by atoms with Crippen LogP contribution in [0.25, 0.3) is 0 Å². The lowest BCUT2D eigenvalue weighted by atomic mass is 10.0. The molecule has 3 aromatic rings. The molecular weight excluding hydrogens is 491 g/mol. The molecule has 0 saturated carbocycles. The molecule has 5 nitrogen and oxygen atoms in total. The predicted octanol–water partition coefficient (Wildman–Crippen LogP) is 6.03. The Labute approximate surface area is 223 Å². The van der Waals surface area contributed by atoms with Gasteiger partial charge in [0.25, 0.3) is 5.91 Å². The van der Waals surface area contributed by atoms with E-state index >= 15 is 0 Å². The minimum atomic E-state index is -0.809. The Kier molecular flexibility index (Phi) is 9.33. The van der Waals surface area contributed by atoms with E-state index in [4.69, 9.17) is 16.3 Å². The van der Waals surface area contributed by atoms with E-state index in [0.29, 0.717) is 22.8 Å². The number of aryl methyl sites for hydroxylation is 2. The van der Waals surface area contributed by atoms with Crippen LogP contribution >= 0.6 is 11.6 Å². The van der Waals surface area contributed by atoms with Crippen LogP contribution in [0, 0.1) is 19.7 Å². The van der Waals surface area contributed by atoms with Crippen molar-refractivity contribution in [3.8, 4) is 5.75 Å². The van der Waals surface area contributed by atoms with E-state index in [2.05, 4.69) is 5.32 Å². The first-order valence-electron chi connectivity index (χ1n) is 12.2. The molecule has 0 spiro atoms. The third-order valence-corrected chi connectivity index (χ3v) is 6.40. The number of nitrogens with zero attached hydrogens (tertiary/aromatic N) is 1. The molecule has 3 aromatic carbocycles. The molecule has 0 fully saturated rings. The maximum absolute atomic E-state index is 13.6. The lowest BCUT2D eigenvalue weighted by Gasteiger charge is -2.33. The molecule has 0 unspecified atom stereocenters. The molecule has 0 radical (unpaired) electrons. The molecule has 0 aliphatic carbocycles. The summed E-state index contributed by atoms with van der Waals surface area (Å²) < 4.78 is 19.4. The Morgan fingerprint density at radius 3 is 2.14 bits per heavy atom. The molecule has 0 heterocycles. The number of hydrogen-bond donors (Lipinski definition) is 1.